The molecule has 2 heterocycles. The van der Waals surface area contributed by atoms with E-state index in [0.29, 0.717) is 30.6 Å². The quantitative estimate of drug-likeness (QED) is 0.0608. The maximum Gasteiger partial charge on any atom is 0.326 e. The number of Topliss-reactive ketones (excluding diaryl/α,β-unsaturated/α-hetero) is 1. The molecule has 3 atom stereocenters. The van der Waals surface area contributed by atoms with Crippen LogP contribution >= 0.6 is 11.8 Å². The zero-order valence-electron chi connectivity index (χ0n) is 36.6. The van der Waals surface area contributed by atoms with Crippen LogP contribution in [0.1, 0.15) is 96.4 Å². The monoisotopic (exact) mass is 909 g/mol. The van der Waals surface area contributed by atoms with Crippen molar-refractivity contribution < 1.29 is 57.4 Å². The number of imide groups is 1. The van der Waals surface area contributed by atoms with Gasteiger partial charge in [-0.15, -0.1) is 0 Å². The number of likely N-dealkylation sites (tertiary alicyclic amines) is 1. The molecular weight excluding hydrogens is 853 g/mol. The van der Waals surface area contributed by atoms with E-state index in [0.717, 1.165) is 28.7 Å². The molecule has 4 rings (SSSR count). The summed E-state index contributed by atoms with van der Waals surface area (Å²) in [5.74, 6) is -6.52. The zero-order chi connectivity index (χ0) is 47.1. The van der Waals surface area contributed by atoms with E-state index in [1.807, 2.05) is 55.7 Å². The van der Waals surface area contributed by atoms with Crippen LogP contribution in [0.4, 0.5) is 8.78 Å². The molecule has 1 aliphatic heterocycles. The van der Waals surface area contributed by atoms with Crippen molar-refractivity contribution in [2.75, 3.05) is 31.1 Å². The number of hydrogen-bond acceptors (Lipinski definition) is 9. The first-order chi connectivity index (χ1) is 30.2. The third kappa shape index (κ3) is 15.1. The van der Waals surface area contributed by atoms with E-state index in [4.69, 9.17) is 5.11 Å². The van der Waals surface area contributed by atoms with Crippen molar-refractivity contribution in [1.82, 2.24) is 25.0 Å². The highest BCUT2D eigenvalue weighted by atomic mass is 32.2. The van der Waals surface area contributed by atoms with Crippen LogP contribution in [0.3, 0.4) is 0 Å². The van der Waals surface area contributed by atoms with E-state index in [1.165, 1.54) is 11.8 Å². The van der Waals surface area contributed by atoms with E-state index in [2.05, 4.69) is 10.6 Å². The molecule has 2 aromatic carbocycles. The van der Waals surface area contributed by atoms with Gasteiger partial charge in [-0.05, 0) is 54.5 Å². The van der Waals surface area contributed by atoms with Crippen LogP contribution in [0.25, 0.3) is 11.1 Å². The predicted molar refractivity (Wildman–Crippen MR) is 235 cm³/mol. The average Bonchev–Trinajstić information content (AvgIpc) is 3.73. The predicted octanol–water partition coefficient (Wildman–Crippen LogP) is 5.60. The van der Waals surface area contributed by atoms with Crippen LogP contribution in [-0.4, -0.2) is 109 Å². The van der Waals surface area contributed by atoms with Crippen molar-refractivity contribution in [3.8, 4) is 11.1 Å². The Morgan fingerprint density at radius 1 is 0.922 bits per heavy atom. The first-order valence-corrected chi connectivity index (χ1v) is 22.3. The number of carbonyl (C=O) groups is 8. The van der Waals surface area contributed by atoms with Gasteiger partial charge in [0.1, 0.15) is 17.7 Å². The SMILES string of the molecule is CC1CC(=O)N(CC(=O)CCCCN(C(=O)CSCCC(=O)NCCC(=O)NC(CCC(=O)O)C(=O)O)C(c2cc(-c3cc(F)ccc3F)cn2Cc2ccccc2)C(C)(C)C)C1=O. The number of ketones is 1. The fourth-order valence-electron chi connectivity index (χ4n) is 7.49. The fourth-order valence-corrected chi connectivity index (χ4v) is 8.30. The van der Waals surface area contributed by atoms with Crippen molar-refractivity contribution in [3.63, 3.8) is 0 Å². The Kier molecular flexibility index (Phi) is 18.8. The lowest BCUT2D eigenvalue weighted by molar-refractivity contribution is -0.143. The molecule has 0 bridgehead atoms. The van der Waals surface area contributed by atoms with Gasteiger partial charge < -0.3 is 30.3 Å². The number of nitrogens with zero attached hydrogens (tertiary/aromatic N) is 3. The molecule has 0 aliphatic carbocycles. The topological polar surface area (TPSA) is 212 Å². The highest BCUT2D eigenvalue weighted by molar-refractivity contribution is 7.99. The maximum absolute atomic E-state index is 15.3. The Labute approximate surface area is 375 Å². The summed E-state index contributed by atoms with van der Waals surface area (Å²) in [6, 6.07) is 12.5. The van der Waals surface area contributed by atoms with Gasteiger partial charge in [0.25, 0.3) is 0 Å². The number of amides is 5. The molecule has 0 saturated carbocycles. The Hall–Kier alpha value is -5.91. The second-order valence-electron chi connectivity index (χ2n) is 17.0. The number of benzene rings is 2. The van der Waals surface area contributed by atoms with Gasteiger partial charge >= 0.3 is 11.9 Å². The normalized spacial score (nSPS) is 14.8. The van der Waals surface area contributed by atoms with E-state index >= 15 is 4.39 Å². The van der Waals surface area contributed by atoms with Crippen LogP contribution in [0.5, 0.6) is 0 Å². The number of hydrogen-bond donors (Lipinski definition) is 4. The minimum Gasteiger partial charge on any atom is -0.481 e. The van der Waals surface area contributed by atoms with Crippen LogP contribution in [0, 0.1) is 23.0 Å². The molecule has 3 aromatic rings. The fraction of sp³-hybridized carbons (Fsp3) is 0.478. The number of carboxylic acid groups (broad SMARTS) is 2. The van der Waals surface area contributed by atoms with Gasteiger partial charge in [0.2, 0.25) is 29.5 Å². The van der Waals surface area contributed by atoms with Gasteiger partial charge in [-0.3, -0.25) is 38.5 Å². The first-order valence-electron chi connectivity index (χ1n) is 21.2. The number of nitrogens with one attached hydrogen (secondary N) is 2. The molecule has 18 heteroatoms. The molecule has 64 heavy (non-hydrogen) atoms. The van der Waals surface area contributed by atoms with Gasteiger partial charge in [-0.25, -0.2) is 13.6 Å². The standard InChI is InChI=1S/C46H57F2N5O10S/c1-29-22-40(57)53(44(29)61)27-33(54)12-8-9-20-52(41(58)28-64-21-18-38(55)49-19-17-39(56)50-36(45(62)63)15-16-42(59)60)43(46(2,3)4)37-23-31(34-24-32(47)13-14-35(34)48)26-51(37)25-30-10-6-5-7-11-30/h5-7,10-11,13-14,23-24,26,29,36,43H,8-9,12,15-22,25,27-28H2,1-4H3,(H,49,55)(H,50,56)(H,59,60)(H,62,63). The molecule has 15 nitrogen and oxygen atoms in total. The highest BCUT2D eigenvalue weighted by Gasteiger charge is 2.38. The van der Waals surface area contributed by atoms with Gasteiger partial charge in [0.05, 0.1) is 18.3 Å². The summed E-state index contributed by atoms with van der Waals surface area (Å²) in [7, 11) is 0. The number of unbranched alkanes of at least 4 members (excludes halogenated alkanes) is 1. The molecule has 3 unspecified atom stereocenters. The second-order valence-corrected chi connectivity index (χ2v) is 18.1. The Morgan fingerprint density at radius 2 is 1.64 bits per heavy atom. The second kappa shape index (κ2) is 23.7. The smallest absolute Gasteiger partial charge is 0.326 e. The lowest BCUT2D eigenvalue weighted by atomic mass is 9.83. The summed E-state index contributed by atoms with van der Waals surface area (Å²) < 4.78 is 31.7. The molecule has 4 N–H and O–H groups in total. The number of thioether (sulfide) groups is 1. The Morgan fingerprint density at radius 3 is 2.28 bits per heavy atom. The molecule has 0 radical (unpaired) electrons. The lowest BCUT2D eigenvalue weighted by Gasteiger charge is -2.41. The molecule has 1 fully saturated rings. The van der Waals surface area contributed by atoms with Gasteiger partial charge in [0.15, 0.2) is 5.78 Å². The number of aliphatic carboxylic acids is 2. The third-order valence-corrected chi connectivity index (χ3v) is 11.6. The molecule has 1 aliphatic rings. The van der Waals surface area contributed by atoms with E-state index in [9.17, 15) is 47.9 Å². The van der Waals surface area contributed by atoms with Crippen molar-refractivity contribution in [3.05, 3.63) is 83.7 Å². The zero-order valence-corrected chi connectivity index (χ0v) is 37.4. The molecule has 346 valence electrons. The maximum atomic E-state index is 15.3. The summed E-state index contributed by atoms with van der Waals surface area (Å²) in [6.07, 6.45) is 1.60. The average molecular weight is 910 g/mol. The van der Waals surface area contributed by atoms with Crippen molar-refractivity contribution in [2.45, 2.75) is 97.7 Å². The lowest BCUT2D eigenvalue weighted by Crippen LogP contribution is -2.43. The van der Waals surface area contributed by atoms with E-state index in [1.54, 1.807) is 24.1 Å². The number of carboxylic acids is 2. The van der Waals surface area contributed by atoms with Crippen molar-refractivity contribution in [1.29, 1.82) is 0 Å². The largest absolute Gasteiger partial charge is 0.481 e. The number of carbonyl (C=O) groups excluding carboxylic acids is 6. The van der Waals surface area contributed by atoms with Gasteiger partial charge in [-0.1, -0.05) is 58.0 Å². The summed E-state index contributed by atoms with van der Waals surface area (Å²) in [5.41, 5.74) is 1.41. The van der Waals surface area contributed by atoms with E-state index in [-0.39, 0.29) is 92.3 Å². The summed E-state index contributed by atoms with van der Waals surface area (Å²) in [5, 5.41) is 22.9. The van der Waals surface area contributed by atoms with Crippen LogP contribution < -0.4 is 10.6 Å². The molecule has 1 saturated heterocycles. The highest BCUT2D eigenvalue weighted by Crippen LogP contribution is 2.41. The van der Waals surface area contributed by atoms with Gasteiger partial charge in [-0.2, -0.15) is 11.8 Å². The van der Waals surface area contributed by atoms with Crippen molar-refractivity contribution in [2.24, 2.45) is 11.3 Å². The first kappa shape index (κ1) is 50.7. The summed E-state index contributed by atoms with van der Waals surface area (Å²) >= 11 is 1.21. The minimum atomic E-state index is -1.39. The van der Waals surface area contributed by atoms with Crippen molar-refractivity contribution >= 4 is 59.0 Å². The summed E-state index contributed by atoms with van der Waals surface area (Å²) in [4.78, 5) is 102. The molecular formula is C46H57F2N5O10S. The Bertz CT molecular complexity index is 2180. The molecule has 1 aromatic heterocycles. The molecule has 0 spiro atoms. The van der Waals surface area contributed by atoms with Crippen LogP contribution in [0.15, 0.2) is 60.8 Å². The number of aromatic nitrogens is 1. The third-order valence-electron chi connectivity index (χ3n) is 10.7. The Balaban J connectivity index is 1.50. The van der Waals surface area contributed by atoms with E-state index < -0.39 is 65.2 Å². The summed E-state index contributed by atoms with van der Waals surface area (Å²) in [6.45, 7) is 7.66. The minimum absolute atomic E-state index is 0.00989. The van der Waals surface area contributed by atoms with Crippen LogP contribution in [-0.2, 0) is 44.9 Å². The van der Waals surface area contributed by atoms with Gasteiger partial charge in [0, 0.05) is 86.4 Å². The molecule has 5 amide bonds. The number of rotatable bonds is 25. The number of halogens is 2. The van der Waals surface area contributed by atoms with Crippen LogP contribution in [0.2, 0.25) is 0 Å².